The Morgan fingerprint density at radius 3 is 2.62 bits per heavy atom. The van der Waals surface area contributed by atoms with Crippen molar-refractivity contribution in [3.63, 3.8) is 0 Å². The molecule has 1 aliphatic rings. The minimum atomic E-state index is -1.88. The van der Waals surface area contributed by atoms with Crippen molar-refractivity contribution in [1.29, 1.82) is 0 Å². The smallest absolute Gasteiger partial charge is 0.350 e. The van der Waals surface area contributed by atoms with Gasteiger partial charge in [0, 0.05) is 16.9 Å². The van der Waals surface area contributed by atoms with E-state index >= 15 is 0 Å². The highest BCUT2D eigenvalue weighted by Gasteiger charge is 2.38. The summed E-state index contributed by atoms with van der Waals surface area (Å²) in [7, 11) is 0. The molecule has 1 aliphatic carbocycles. The number of carboxylic acids is 1. The second-order valence-electron chi connectivity index (χ2n) is 6.88. The van der Waals surface area contributed by atoms with E-state index in [2.05, 4.69) is 20.8 Å². The van der Waals surface area contributed by atoms with Crippen LogP contribution in [0.15, 0.2) is 24.4 Å². The number of H-pyrrole nitrogens is 1. The van der Waals surface area contributed by atoms with Crippen molar-refractivity contribution in [1.82, 2.24) is 20.8 Å². The second kappa shape index (κ2) is 7.15. The number of nitrogens with zero attached hydrogens (tertiary/aromatic N) is 1. The molecule has 1 aromatic carbocycles. The number of nitrogens with one attached hydrogen (secondary N) is 3. The summed E-state index contributed by atoms with van der Waals surface area (Å²) >= 11 is 0. The summed E-state index contributed by atoms with van der Waals surface area (Å²) in [5.41, 5.74) is -0.816. The van der Waals surface area contributed by atoms with Gasteiger partial charge in [-0.3, -0.25) is 14.7 Å². The summed E-state index contributed by atoms with van der Waals surface area (Å²) in [6.07, 6.45) is 6.07. The van der Waals surface area contributed by atoms with Crippen molar-refractivity contribution >= 4 is 28.7 Å². The molecule has 2 aromatic rings. The maximum atomic E-state index is 12.5. The molecule has 0 aliphatic heterocycles. The van der Waals surface area contributed by atoms with Crippen LogP contribution in [-0.2, 0) is 9.59 Å². The molecule has 0 saturated heterocycles. The first-order chi connectivity index (χ1) is 12.4. The van der Waals surface area contributed by atoms with Gasteiger partial charge in [0.15, 0.2) is 0 Å². The quantitative estimate of drug-likeness (QED) is 0.607. The Morgan fingerprint density at radius 1 is 1.19 bits per heavy atom. The molecule has 8 nitrogen and oxygen atoms in total. The Bertz CT molecular complexity index is 841. The van der Waals surface area contributed by atoms with Gasteiger partial charge in [-0.25, -0.2) is 4.79 Å². The molecule has 3 rings (SSSR count). The van der Waals surface area contributed by atoms with Crippen LogP contribution in [0.5, 0.6) is 0 Å². The zero-order valence-corrected chi connectivity index (χ0v) is 14.5. The van der Waals surface area contributed by atoms with Crippen LogP contribution in [0.3, 0.4) is 0 Å². The lowest BCUT2D eigenvalue weighted by atomic mass is 9.88. The van der Waals surface area contributed by atoms with Crippen molar-refractivity contribution in [2.75, 3.05) is 0 Å². The van der Waals surface area contributed by atoms with Gasteiger partial charge in [-0.1, -0.05) is 19.3 Å². The average molecular weight is 358 g/mol. The molecule has 138 valence electrons. The molecule has 1 saturated carbocycles. The van der Waals surface area contributed by atoms with Gasteiger partial charge in [0.05, 0.1) is 11.7 Å². The van der Waals surface area contributed by atoms with E-state index in [1.165, 1.54) is 6.92 Å². The third-order valence-electron chi connectivity index (χ3n) is 4.84. The topological polar surface area (TPSA) is 124 Å². The molecule has 8 heteroatoms. The number of hydrogen-bond donors (Lipinski definition) is 4. The number of hydrogen-bond acceptors (Lipinski definition) is 4. The third kappa shape index (κ3) is 3.68. The van der Waals surface area contributed by atoms with Gasteiger partial charge in [0.25, 0.3) is 5.91 Å². The molecular weight excluding hydrogens is 336 g/mol. The van der Waals surface area contributed by atoms with E-state index in [0.29, 0.717) is 5.56 Å². The van der Waals surface area contributed by atoms with Crippen LogP contribution in [0.1, 0.15) is 49.4 Å². The van der Waals surface area contributed by atoms with Crippen LogP contribution >= 0.6 is 0 Å². The van der Waals surface area contributed by atoms with Gasteiger partial charge in [0.2, 0.25) is 11.6 Å². The molecule has 0 spiro atoms. The highest BCUT2D eigenvalue weighted by molar-refractivity contribution is 6.01. The van der Waals surface area contributed by atoms with E-state index in [-0.39, 0.29) is 11.8 Å². The lowest BCUT2D eigenvalue weighted by Crippen LogP contribution is -2.64. The Balaban J connectivity index is 1.74. The zero-order chi connectivity index (χ0) is 18.7. The van der Waals surface area contributed by atoms with Gasteiger partial charge in [-0.2, -0.15) is 5.10 Å². The first kappa shape index (κ1) is 17.9. The highest BCUT2D eigenvalue weighted by Crippen LogP contribution is 2.24. The number of aliphatic carboxylic acids is 1. The monoisotopic (exact) mass is 358 g/mol. The molecule has 4 N–H and O–H groups in total. The van der Waals surface area contributed by atoms with E-state index in [9.17, 15) is 19.5 Å². The Hall–Kier alpha value is -2.90. The highest BCUT2D eigenvalue weighted by atomic mass is 16.4. The molecule has 2 amide bonds. The van der Waals surface area contributed by atoms with Crippen LogP contribution in [0, 0.1) is 5.92 Å². The molecule has 1 atom stereocenters. The van der Waals surface area contributed by atoms with Gasteiger partial charge >= 0.3 is 5.97 Å². The molecule has 26 heavy (non-hydrogen) atoms. The standard InChI is InChI=1S/C18H22N4O4/c1-18(17(25)26,20-15(23)11-5-3-2-4-6-11)21-16(24)12-7-8-14-13(9-12)10-19-22-14/h7-11H,2-6H2,1H3,(H,19,22)(H,20,23)(H,21,24)(H,25,26). The summed E-state index contributed by atoms with van der Waals surface area (Å²) in [4.78, 5) is 36.7. The lowest BCUT2D eigenvalue weighted by Gasteiger charge is -2.30. The predicted molar refractivity (Wildman–Crippen MR) is 94.3 cm³/mol. The number of rotatable bonds is 5. The predicted octanol–water partition coefficient (Wildman–Crippen LogP) is 1.79. The third-order valence-corrected chi connectivity index (χ3v) is 4.84. The van der Waals surface area contributed by atoms with E-state index < -0.39 is 17.5 Å². The van der Waals surface area contributed by atoms with Gasteiger partial charge < -0.3 is 15.7 Å². The largest absolute Gasteiger partial charge is 0.478 e. The maximum Gasteiger partial charge on any atom is 0.350 e. The Kier molecular flexibility index (Phi) is 4.92. The molecular formula is C18H22N4O4. The number of carbonyl (C=O) groups is 3. The fourth-order valence-electron chi connectivity index (χ4n) is 3.23. The summed E-state index contributed by atoms with van der Waals surface area (Å²) in [6.45, 7) is 1.28. The minimum Gasteiger partial charge on any atom is -0.478 e. The van der Waals surface area contributed by atoms with Gasteiger partial charge in [0.1, 0.15) is 0 Å². The molecule has 0 radical (unpaired) electrons. The first-order valence-electron chi connectivity index (χ1n) is 8.70. The fourth-order valence-corrected chi connectivity index (χ4v) is 3.23. The van der Waals surface area contributed by atoms with Gasteiger partial charge in [-0.05, 0) is 38.0 Å². The number of aromatic nitrogens is 2. The first-order valence-corrected chi connectivity index (χ1v) is 8.70. The van der Waals surface area contributed by atoms with E-state index in [1.54, 1.807) is 24.4 Å². The second-order valence-corrected chi connectivity index (χ2v) is 6.88. The van der Waals surface area contributed by atoms with Crippen molar-refractivity contribution in [2.24, 2.45) is 5.92 Å². The average Bonchev–Trinajstić information content (AvgIpc) is 3.09. The molecule has 1 fully saturated rings. The van der Waals surface area contributed by atoms with Crippen LogP contribution in [0.4, 0.5) is 0 Å². The van der Waals surface area contributed by atoms with E-state index in [1.807, 2.05) is 0 Å². The van der Waals surface area contributed by atoms with Gasteiger partial charge in [-0.15, -0.1) is 0 Å². The molecule has 0 bridgehead atoms. The number of aromatic amines is 1. The normalized spacial score (nSPS) is 17.4. The van der Waals surface area contributed by atoms with Crippen molar-refractivity contribution in [3.05, 3.63) is 30.0 Å². The van der Waals surface area contributed by atoms with Crippen molar-refractivity contribution < 1.29 is 19.5 Å². The molecule has 1 unspecified atom stereocenters. The van der Waals surface area contributed by atoms with Crippen molar-refractivity contribution in [2.45, 2.75) is 44.7 Å². The van der Waals surface area contributed by atoms with Crippen LogP contribution in [0.25, 0.3) is 10.9 Å². The number of fused-ring (bicyclic) bond motifs is 1. The summed E-state index contributed by atoms with van der Waals surface area (Å²) in [6, 6.07) is 4.87. The maximum absolute atomic E-state index is 12.5. The fraction of sp³-hybridized carbons (Fsp3) is 0.444. The minimum absolute atomic E-state index is 0.207. The summed E-state index contributed by atoms with van der Waals surface area (Å²) in [5, 5.41) is 21.9. The van der Waals surface area contributed by atoms with Crippen LogP contribution in [0.2, 0.25) is 0 Å². The number of benzene rings is 1. The van der Waals surface area contributed by atoms with E-state index in [0.717, 1.165) is 43.0 Å². The summed E-state index contributed by atoms with van der Waals surface area (Å²) < 4.78 is 0. The lowest BCUT2D eigenvalue weighted by molar-refractivity contribution is -0.148. The van der Waals surface area contributed by atoms with Crippen LogP contribution in [-0.4, -0.2) is 38.8 Å². The SMILES string of the molecule is CC(NC(=O)c1ccc2[nH]ncc2c1)(NC(=O)C1CCCCC1)C(=O)O. The Morgan fingerprint density at radius 2 is 1.92 bits per heavy atom. The number of carboxylic acid groups (broad SMARTS) is 1. The zero-order valence-electron chi connectivity index (χ0n) is 14.5. The van der Waals surface area contributed by atoms with Crippen molar-refractivity contribution in [3.8, 4) is 0 Å². The summed E-state index contributed by atoms with van der Waals surface area (Å²) in [5.74, 6) is -2.44. The molecule has 1 aromatic heterocycles. The Labute approximate surface area is 150 Å². The number of amides is 2. The molecule has 1 heterocycles. The van der Waals surface area contributed by atoms with Crippen LogP contribution < -0.4 is 10.6 Å². The number of carbonyl (C=O) groups excluding carboxylic acids is 2. The van der Waals surface area contributed by atoms with E-state index in [4.69, 9.17) is 0 Å².